The zero-order valence-electron chi connectivity index (χ0n) is 11.4. The van der Waals surface area contributed by atoms with Crippen molar-refractivity contribution in [2.45, 2.75) is 27.2 Å². The molecule has 1 aromatic rings. The van der Waals surface area contributed by atoms with Crippen molar-refractivity contribution in [2.24, 2.45) is 10.9 Å². The van der Waals surface area contributed by atoms with E-state index in [1.165, 1.54) is 13.1 Å². The van der Waals surface area contributed by atoms with Crippen molar-refractivity contribution in [3.8, 4) is 0 Å². The van der Waals surface area contributed by atoms with E-state index in [4.69, 9.17) is 5.41 Å². The summed E-state index contributed by atoms with van der Waals surface area (Å²) in [6.45, 7) is 5.02. The first-order valence-electron chi connectivity index (χ1n) is 6.20. The highest BCUT2D eigenvalue weighted by Crippen LogP contribution is 2.14. The summed E-state index contributed by atoms with van der Waals surface area (Å²) in [5, 5.41) is 7.44. The smallest absolute Gasteiger partial charge is 0.192 e. The molecule has 1 rings (SSSR count). The van der Waals surface area contributed by atoms with Crippen LogP contribution in [0.1, 0.15) is 25.8 Å². The number of carbonyl (C=O) groups is 2. The van der Waals surface area contributed by atoms with Crippen LogP contribution in [-0.4, -0.2) is 23.5 Å². The van der Waals surface area contributed by atoms with E-state index < -0.39 is 23.2 Å². The number of hydrogen-bond acceptors (Lipinski definition) is 4. The third-order valence-electron chi connectivity index (χ3n) is 2.78. The summed E-state index contributed by atoms with van der Waals surface area (Å²) in [5.41, 5.74) is 1.40. The number of aliphatic imine (C=N–C) groups is 1. The standard InChI is InChI=1S/C15H18N2O2/c1-4-12(15(19)14(16)11(3)18)9-17-13-7-5-6-10(2)8-13/h5-9,12,16H,4H2,1-3H3. The maximum Gasteiger partial charge on any atom is 0.192 e. The maximum absolute atomic E-state index is 11.9. The molecular formula is C15H18N2O2. The van der Waals surface area contributed by atoms with Crippen LogP contribution in [0.2, 0.25) is 0 Å². The number of nitrogens with zero attached hydrogens (tertiary/aromatic N) is 1. The molecule has 0 heterocycles. The Morgan fingerprint density at radius 1 is 1.42 bits per heavy atom. The van der Waals surface area contributed by atoms with E-state index in [1.54, 1.807) is 0 Å². The van der Waals surface area contributed by atoms with Gasteiger partial charge in [-0.15, -0.1) is 0 Å². The predicted octanol–water partition coefficient (Wildman–Crippen LogP) is 2.90. The van der Waals surface area contributed by atoms with E-state index in [0.717, 1.165) is 11.3 Å². The Kier molecular flexibility index (Phi) is 5.30. The maximum atomic E-state index is 11.9. The highest BCUT2D eigenvalue weighted by molar-refractivity contribution is 6.65. The van der Waals surface area contributed by atoms with E-state index >= 15 is 0 Å². The summed E-state index contributed by atoms with van der Waals surface area (Å²) in [7, 11) is 0. The number of rotatable bonds is 6. The van der Waals surface area contributed by atoms with Gasteiger partial charge in [-0.3, -0.25) is 20.0 Å². The minimum absolute atomic E-state index is 0.456. The predicted molar refractivity (Wildman–Crippen MR) is 76.5 cm³/mol. The molecule has 19 heavy (non-hydrogen) atoms. The Balaban J connectivity index is 2.85. The van der Waals surface area contributed by atoms with Gasteiger partial charge >= 0.3 is 0 Å². The first-order valence-corrected chi connectivity index (χ1v) is 6.20. The number of aryl methyl sites for hydroxylation is 1. The van der Waals surface area contributed by atoms with Gasteiger partial charge in [-0.2, -0.15) is 0 Å². The molecule has 0 aliphatic carbocycles. The molecule has 4 nitrogen and oxygen atoms in total. The highest BCUT2D eigenvalue weighted by Gasteiger charge is 2.21. The van der Waals surface area contributed by atoms with Gasteiger partial charge in [0.05, 0.1) is 11.6 Å². The van der Waals surface area contributed by atoms with Gasteiger partial charge in [0.2, 0.25) is 0 Å². The number of nitrogens with one attached hydrogen (secondary N) is 1. The van der Waals surface area contributed by atoms with Gasteiger partial charge in [0.15, 0.2) is 11.6 Å². The van der Waals surface area contributed by atoms with Crippen molar-refractivity contribution in [1.82, 2.24) is 0 Å². The van der Waals surface area contributed by atoms with Crippen molar-refractivity contribution >= 4 is 29.2 Å². The Bertz CT molecular complexity index is 533. The highest BCUT2D eigenvalue weighted by atomic mass is 16.1. The minimum Gasteiger partial charge on any atom is -0.294 e. The monoisotopic (exact) mass is 258 g/mol. The lowest BCUT2D eigenvalue weighted by Crippen LogP contribution is -2.28. The number of ketones is 2. The van der Waals surface area contributed by atoms with E-state index in [1.807, 2.05) is 38.1 Å². The van der Waals surface area contributed by atoms with E-state index in [-0.39, 0.29) is 0 Å². The molecular weight excluding hydrogens is 240 g/mol. The average Bonchev–Trinajstić information content (AvgIpc) is 2.38. The lowest BCUT2D eigenvalue weighted by molar-refractivity contribution is -0.117. The average molecular weight is 258 g/mol. The molecule has 0 fully saturated rings. The van der Waals surface area contributed by atoms with Crippen LogP contribution in [0.3, 0.4) is 0 Å². The van der Waals surface area contributed by atoms with E-state index in [9.17, 15) is 9.59 Å². The Labute approximate surface area is 113 Å². The van der Waals surface area contributed by atoms with Crippen LogP contribution in [-0.2, 0) is 9.59 Å². The van der Waals surface area contributed by atoms with Gasteiger partial charge in [-0.1, -0.05) is 19.1 Å². The SMILES string of the molecule is CCC(C=Nc1cccc(C)c1)C(=O)C(=N)C(C)=O. The fourth-order valence-electron chi connectivity index (χ4n) is 1.60. The second-order valence-corrected chi connectivity index (χ2v) is 4.43. The van der Waals surface area contributed by atoms with Crippen LogP contribution in [0.5, 0.6) is 0 Å². The molecule has 1 unspecified atom stereocenters. The molecule has 0 saturated carbocycles. The molecule has 0 radical (unpaired) electrons. The lowest BCUT2D eigenvalue weighted by atomic mass is 9.97. The minimum atomic E-state index is -0.517. The summed E-state index contributed by atoms with van der Waals surface area (Å²) in [6, 6.07) is 7.61. The zero-order chi connectivity index (χ0) is 14.4. The van der Waals surface area contributed by atoms with Crippen LogP contribution in [0.4, 0.5) is 5.69 Å². The van der Waals surface area contributed by atoms with Crippen molar-refractivity contribution in [3.05, 3.63) is 29.8 Å². The van der Waals surface area contributed by atoms with Crippen molar-refractivity contribution in [3.63, 3.8) is 0 Å². The van der Waals surface area contributed by atoms with Crippen LogP contribution in [0.25, 0.3) is 0 Å². The summed E-state index contributed by atoms with van der Waals surface area (Å²) in [6.07, 6.45) is 2.04. The molecule has 1 atom stereocenters. The van der Waals surface area contributed by atoms with Crippen LogP contribution in [0, 0.1) is 18.3 Å². The van der Waals surface area contributed by atoms with Crippen molar-refractivity contribution < 1.29 is 9.59 Å². The third kappa shape index (κ3) is 4.25. The lowest BCUT2D eigenvalue weighted by Gasteiger charge is -2.07. The Morgan fingerprint density at radius 3 is 2.63 bits per heavy atom. The molecule has 100 valence electrons. The first-order chi connectivity index (χ1) is 8.95. The van der Waals surface area contributed by atoms with Gasteiger partial charge in [-0.05, 0) is 31.0 Å². The van der Waals surface area contributed by atoms with Gasteiger partial charge < -0.3 is 0 Å². The third-order valence-corrected chi connectivity index (χ3v) is 2.78. The summed E-state index contributed by atoms with van der Waals surface area (Å²) >= 11 is 0. The molecule has 0 aliphatic rings. The number of benzene rings is 1. The molecule has 4 heteroatoms. The zero-order valence-corrected chi connectivity index (χ0v) is 11.4. The Hall–Kier alpha value is -2.10. The molecule has 0 saturated heterocycles. The van der Waals surface area contributed by atoms with Gasteiger partial charge in [0, 0.05) is 13.1 Å². The summed E-state index contributed by atoms with van der Waals surface area (Å²) in [5.74, 6) is -1.49. The Morgan fingerprint density at radius 2 is 2.11 bits per heavy atom. The van der Waals surface area contributed by atoms with E-state index in [0.29, 0.717) is 6.42 Å². The second kappa shape index (κ2) is 6.73. The number of hydrogen-bond donors (Lipinski definition) is 1. The largest absolute Gasteiger partial charge is 0.294 e. The van der Waals surface area contributed by atoms with Gasteiger partial charge in [0.25, 0.3) is 0 Å². The fraction of sp³-hybridized carbons (Fsp3) is 0.333. The van der Waals surface area contributed by atoms with Crippen LogP contribution >= 0.6 is 0 Å². The molecule has 0 spiro atoms. The normalized spacial score (nSPS) is 12.4. The topological polar surface area (TPSA) is 70.3 Å². The molecule has 0 bridgehead atoms. The molecule has 0 aromatic heterocycles. The number of carbonyl (C=O) groups excluding carboxylic acids is 2. The van der Waals surface area contributed by atoms with Gasteiger partial charge in [0.1, 0.15) is 5.71 Å². The van der Waals surface area contributed by atoms with Crippen molar-refractivity contribution in [1.29, 1.82) is 5.41 Å². The second-order valence-electron chi connectivity index (χ2n) is 4.43. The molecule has 1 aromatic carbocycles. The quantitative estimate of drug-likeness (QED) is 0.629. The fourth-order valence-corrected chi connectivity index (χ4v) is 1.60. The van der Waals surface area contributed by atoms with E-state index in [2.05, 4.69) is 4.99 Å². The summed E-state index contributed by atoms with van der Waals surface area (Å²) in [4.78, 5) is 27.1. The molecule has 0 aliphatic heterocycles. The van der Waals surface area contributed by atoms with Crippen molar-refractivity contribution in [2.75, 3.05) is 0 Å². The van der Waals surface area contributed by atoms with Crippen LogP contribution in [0.15, 0.2) is 29.3 Å². The molecule has 0 amide bonds. The number of Topliss-reactive ketones (excluding diaryl/α,β-unsaturated/α-hetero) is 2. The first kappa shape index (κ1) is 15.0. The molecule has 1 N–H and O–H groups in total. The van der Waals surface area contributed by atoms with Crippen LogP contribution < -0.4 is 0 Å². The summed E-state index contributed by atoms with van der Waals surface area (Å²) < 4.78 is 0. The van der Waals surface area contributed by atoms with Gasteiger partial charge in [-0.25, -0.2) is 0 Å².